The van der Waals surface area contributed by atoms with E-state index in [9.17, 15) is 23.2 Å². The predicted molar refractivity (Wildman–Crippen MR) is 103 cm³/mol. The molecular formula is C20H12ClF3N4O. The van der Waals surface area contributed by atoms with Gasteiger partial charge < -0.3 is 5.32 Å². The molecule has 0 unspecified atom stereocenters. The Morgan fingerprint density at radius 1 is 1.21 bits per heavy atom. The summed E-state index contributed by atoms with van der Waals surface area (Å²) in [6, 6.07) is 12.7. The van der Waals surface area contributed by atoms with E-state index in [1.807, 2.05) is 0 Å². The Bertz CT molecular complexity index is 1110. The third kappa shape index (κ3) is 4.83. The first-order valence-corrected chi connectivity index (χ1v) is 8.55. The summed E-state index contributed by atoms with van der Waals surface area (Å²) < 4.78 is 38.5. The number of hydrogen-bond donors (Lipinski definition) is 2. The number of nitrogens with one attached hydrogen (secondary N) is 2. The maximum absolute atomic E-state index is 12.8. The van der Waals surface area contributed by atoms with E-state index in [0.29, 0.717) is 16.3 Å². The molecule has 5 nitrogen and oxygen atoms in total. The number of alkyl halides is 3. The van der Waals surface area contributed by atoms with Crippen LogP contribution in [0.25, 0.3) is 17.3 Å². The number of amides is 1. The Balaban J connectivity index is 1.86. The van der Waals surface area contributed by atoms with E-state index in [-0.39, 0.29) is 11.3 Å². The Labute approximate surface area is 168 Å². The molecule has 0 aliphatic heterocycles. The van der Waals surface area contributed by atoms with Gasteiger partial charge in [-0.2, -0.15) is 23.5 Å². The molecule has 1 heterocycles. The van der Waals surface area contributed by atoms with Gasteiger partial charge in [0.2, 0.25) is 0 Å². The van der Waals surface area contributed by atoms with Crippen LogP contribution in [0.2, 0.25) is 5.02 Å². The third-order valence-electron chi connectivity index (χ3n) is 3.91. The van der Waals surface area contributed by atoms with E-state index in [1.165, 1.54) is 24.4 Å². The molecule has 1 aromatic heterocycles. The average Bonchev–Trinajstić information content (AvgIpc) is 3.14. The molecule has 3 aromatic rings. The second-order valence-corrected chi connectivity index (χ2v) is 6.35. The van der Waals surface area contributed by atoms with Crippen molar-refractivity contribution < 1.29 is 18.0 Å². The standard InChI is InChI=1S/C20H12ClF3N4O/c21-16-6-4-12(5-7-16)18-14(11-26-28-18)8-13(10-25)19(29)27-17-3-1-2-15(9-17)20(22,23)24/h1-9,11H,(H,26,28)(H,27,29)/b13-8-. The lowest BCUT2D eigenvalue weighted by molar-refractivity contribution is -0.137. The first kappa shape index (κ1) is 20.2. The topological polar surface area (TPSA) is 81.6 Å². The van der Waals surface area contributed by atoms with Gasteiger partial charge in [0, 0.05) is 21.8 Å². The number of carbonyl (C=O) groups is 1. The molecule has 0 fully saturated rings. The zero-order valence-electron chi connectivity index (χ0n) is 14.6. The number of aromatic amines is 1. The molecule has 2 N–H and O–H groups in total. The van der Waals surface area contributed by atoms with Crippen molar-refractivity contribution in [1.82, 2.24) is 10.2 Å². The van der Waals surface area contributed by atoms with Crippen LogP contribution in [0.15, 0.2) is 60.3 Å². The predicted octanol–water partition coefficient (Wildman–Crippen LogP) is 5.29. The van der Waals surface area contributed by atoms with E-state index in [1.54, 1.807) is 30.3 Å². The normalized spacial score (nSPS) is 11.8. The van der Waals surface area contributed by atoms with E-state index < -0.39 is 17.6 Å². The minimum Gasteiger partial charge on any atom is -0.321 e. The number of nitriles is 1. The van der Waals surface area contributed by atoms with Crippen LogP contribution < -0.4 is 5.32 Å². The van der Waals surface area contributed by atoms with Gasteiger partial charge in [0.1, 0.15) is 11.6 Å². The van der Waals surface area contributed by atoms with Crippen molar-refractivity contribution in [2.75, 3.05) is 5.32 Å². The summed E-state index contributed by atoms with van der Waals surface area (Å²) >= 11 is 5.87. The molecule has 0 atom stereocenters. The molecule has 9 heteroatoms. The Morgan fingerprint density at radius 3 is 2.59 bits per heavy atom. The van der Waals surface area contributed by atoms with E-state index >= 15 is 0 Å². The number of benzene rings is 2. The highest BCUT2D eigenvalue weighted by atomic mass is 35.5. The first-order valence-electron chi connectivity index (χ1n) is 8.17. The quantitative estimate of drug-likeness (QED) is 0.447. The molecular weight excluding hydrogens is 405 g/mol. The van der Waals surface area contributed by atoms with Crippen molar-refractivity contribution in [3.63, 3.8) is 0 Å². The minimum absolute atomic E-state index is 0.0731. The maximum atomic E-state index is 12.8. The molecule has 3 rings (SSSR count). The van der Waals surface area contributed by atoms with Crippen LogP contribution >= 0.6 is 11.6 Å². The van der Waals surface area contributed by atoms with Gasteiger partial charge in [0.25, 0.3) is 5.91 Å². The molecule has 0 bridgehead atoms. The molecule has 0 aliphatic rings. The zero-order valence-corrected chi connectivity index (χ0v) is 15.3. The molecule has 0 radical (unpaired) electrons. The summed E-state index contributed by atoms with van der Waals surface area (Å²) in [6.45, 7) is 0. The lowest BCUT2D eigenvalue weighted by Crippen LogP contribution is -2.14. The van der Waals surface area contributed by atoms with Gasteiger partial charge >= 0.3 is 6.18 Å². The molecule has 146 valence electrons. The van der Waals surface area contributed by atoms with Gasteiger partial charge in [-0.1, -0.05) is 29.8 Å². The third-order valence-corrected chi connectivity index (χ3v) is 4.17. The van der Waals surface area contributed by atoms with Crippen molar-refractivity contribution in [3.05, 3.63) is 76.5 Å². The highest BCUT2D eigenvalue weighted by molar-refractivity contribution is 6.30. The fourth-order valence-corrected chi connectivity index (χ4v) is 2.65. The number of nitrogens with zero attached hydrogens (tertiary/aromatic N) is 2. The highest BCUT2D eigenvalue weighted by Gasteiger charge is 2.30. The fraction of sp³-hybridized carbons (Fsp3) is 0.0500. The summed E-state index contributed by atoms with van der Waals surface area (Å²) in [4.78, 5) is 12.4. The van der Waals surface area contributed by atoms with Gasteiger partial charge in [-0.3, -0.25) is 9.89 Å². The minimum atomic E-state index is -4.54. The molecule has 1 amide bonds. The Morgan fingerprint density at radius 2 is 1.93 bits per heavy atom. The van der Waals surface area contributed by atoms with Gasteiger partial charge in [-0.25, -0.2) is 0 Å². The van der Waals surface area contributed by atoms with Crippen molar-refractivity contribution in [2.24, 2.45) is 0 Å². The number of anilines is 1. The summed E-state index contributed by atoms with van der Waals surface area (Å²) in [5.41, 5.74) is 0.478. The average molecular weight is 417 g/mol. The Kier molecular flexibility index (Phi) is 5.71. The molecule has 0 spiro atoms. The molecule has 0 aliphatic carbocycles. The molecule has 0 saturated carbocycles. The number of rotatable bonds is 4. The molecule has 2 aromatic carbocycles. The van der Waals surface area contributed by atoms with Crippen LogP contribution in [0.3, 0.4) is 0 Å². The summed E-state index contributed by atoms with van der Waals surface area (Å²) in [5.74, 6) is -0.838. The maximum Gasteiger partial charge on any atom is 0.416 e. The van der Waals surface area contributed by atoms with E-state index in [2.05, 4.69) is 15.5 Å². The lowest BCUT2D eigenvalue weighted by atomic mass is 10.1. The Hall–Kier alpha value is -3.57. The monoisotopic (exact) mass is 416 g/mol. The van der Waals surface area contributed by atoms with Crippen LogP contribution in [0.5, 0.6) is 0 Å². The van der Waals surface area contributed by atoms with Crippen molar-refractivity contribution >= 4 is 29.3 Å². The molecule has 0 saturated heterocycles. The highest BCUT2D eigenvalue weighted by Crippen LogP contribution is 2.31. The smallest absolute Gasteiger partial charge is 0.321 e. The number of aromatic nitrogens is 2. The van der Waals surface area contributed by atoms with Gasteiger partial charge in [0.05, 0.1) is 17.5 Å². The number of carbonyl (C=O) groups excluding carboxylic acids is 1. The second kappa shape index (κ2) is 8.20. The second-order valence-electron chi connectivity index (χ2n) is 5.91. The van der Waals surface area contributed by atoms with E-state index in [4.69, 9.17) is 11.6 Å². The lowest BCUT2D eigenvalue weighted by Gasteiger charge is -2.09. The summed E-state index contributed by atoms with van der Waals surface area (Å²) in [7, 11) is 0. The van der Waals surface area contributed by atoms with Crippen molar-refractivity contribution in [3.8, 4) is 17.3 Å². The number of H-pyrrole nitrogens is 1. The van der Waals surface area contributed by atoms with Crippen LogP contribution in [0.4, 0.5) is 18.9 Å². The van der Waals surface area contributed by atoms with Crippen molar-refractivity contribution in [2.45, 2.75) is 6.18 Å². The van der Waals surface area contributed by atoms with Crippen LogP contribution in [-0.4, -0.2) is 16.1 Å². The SMILES string of the molecule is N#C/C(=C/c1cn[nH]c1-c1ccc(Cl)cc1)C(=O)Nc1cccc(C(F)(F)F)c1. The van der Waals surface area contributed by atoms with Crippen molar-refractivity contribution in [1.29, 1.82) is 5.26 Å². The number of hydrogen-bond acceptors (Lipinski definition) is 3. The largest absolute Gasteiger partial charge is 0.416 e. The summed E-state index contributed by atoms with van der Waals surface area (Å²) in [5, 5.41) is 18.9. The summed E-state index contributed by atoms with van der Waals surface area (Å²) in [6.07, 6.45) is -1.81. The van der Waals surface area contributed by atoms with Crippen LogP contribution in [0, 0.1) is 11.3 Å². The molecule has 29 heavy (non-hydrogen) atoms. The zero-order chi connectivity index (χ0) is 21.0. The first-order chi connectivity index (χ1) is 13.8. The fourth-order valence-electron chi connectivity index (χ4n) is 2.53. The van der Waals surface area contributed by atoms with Gasteiger partial charge in [-0.05, 0) is 36.4 Å². The van der Waals surface area contributed by atoms with Gasteiger partial charge in [-0.15, -0.1) is 0 Å². The van der Waals surface area contributed by atoms with Crippen LogP contribution in [0.1, 0.15) is 11.1 Å². The van der Waals surface area contributed by atoms with E-state index in [0.717, 1.165) is 17.7 Å². The number of halogens is 4. The van der Waals surface area contributed by atoms with Crippen LogP contribution in [-0.2, 0) is 11.0 Å². The van der Waals surface area contributed by atoms with Gasteiger partial charge in [0.15, 0.2) is 0 Å².